The molecule has 0 saturated heterocycles. The fraction of sp³-hybridized carbons (Fsp3) is 0.417. The molecule has 1 amide bonds. The second kappa shape index (κ2) is 6.11. The third-order valence-corrected chi connectivity index (χ3v) is 3.03. The molecular formula is C12H15ClF2N2O. The summed E-state index contributed by atoms with van der Waals surface area (Å²) in [5.41, 5.74) is 5.71. The topological polar surface area (TPSA) is 55.1 Å². The van der Waals surface area contributed by atoms with Crippen LogP contribution in [0.15, 0.2) is 18.2 Å². The van der Waals surface area contributed by atoms with Crippen molar-refractivity contribution >= 4 is 24.0 Å². The van der Waals surface area contributed by atoms with Crippen LogP contribution in [-0.4, -0.2) is 11.9 Å². The molecular weight excluding hydrogens is 262 g/mol. The monoisotopic (exact) mass is 276 g/mol. The lowest BCUT2D eigenvalue weighted by Gasteiger charge is -2.11. The Bertz CT molecular complexity index is 442. The Balaban J connectivity index is 0.00000162. The van der Waals surface area contributed by atoms with Crippen LogP contribution in [0, 0.1) is 17.6 Å². The van der Waals surface area contributed by atoms with Gasteiger partial charge in [-0.3, -0.25) is 4.79 Å². The molecule has 0 spiro atoms. The minimum absolute atomic E-state index is 0. The van der Waals surface area contributed by atoms with Gasteiger partial charge in [0, 0.05) is 18.0 Å². The van der Waals surface area contributed by atoms with Crippen molar-refractivity contribution in [1.29, 1.82) is 0 Å². The molecule has 18 heavy (non-hydrogen) atoms. The van der Waals surface area contributed by atoms with Crippen molar-refractivity contribution in [3.8, 4) is 0 Å². The number of hydrogen-bond donors (Lipinski definition) is 2. The Morgan fingerprint density at radius 1 is 1.33 bits per heavy atom. The number of nitrogens with two attached hydrogens (primary N) is 1. The van der Waals surface area contributed by atoms with E-state index in [1.54, 1.807) is 0 Å². The number of carbonyl (C=O) groups excluding carboxylic acids is 1. The summed E-state index contributed by atoms with van der Waals surface area (Å²) in [5, 5.41) is 2.46. The zero-order chi connectivity index (χ0) is 12.4. The molecule has 2 unspecified atom stereocenters. The van der Waals surface area contributed by atoms with E-state index in [1.165, 1.54) is 6.07 Å². The van der Waals surface area contributed by atoms with E-state index in [9.17, 15) is 13.6 Å². The number of benzene rings is 1. The highest BCUT2D eigenvalue weighted by Crippen LogP contribution is 2.26. The van der Waals surface area contributed by atoms with Crippen LogP contribution in [0.5, 0.6) is 0 Å². The molecule has 1 aromatic rings. The Kier molecular flexibility index (Phi) is 5.04. The summed E-state index contributed by atoms with van der Waals surface area (Å²) in [4.78, 5) is 11.8. The van der Waals surface area contributed by atoms with E-state index >= 15 is 0 Å². The van der Waals surface area contributed by atoms with Crippen molar-refractivity contribution in [1.82, 2.24) is 0 Å². The normalized spacial score (nSPS) is 22.4. The molecule has 100 valence electrons. The summed E-state index contributed by atoms with van der Waals surface area (Å²) in [6.45, 7) is 0. The molecule has 3 nitrogen and oxygen atoms in total. The summed E-state index contributed by atoms with van der Waals surface area (Å²) >= 11 is 0. The van der Waals surface area contributed by atoms with Crippen LogP contribution in [0.25, 0.3) is 0 Å². The van der Waals surface area contributed by atoms with Crippen LogP contribution >= 0.6 is 12.4 Å². The number of halogens is 3. The van der Waals surface area contributed by atoms with E-state index in [0.29, 0.717) is 6.42 Å². The number of carbonyl (C=O) groups is 1. The lowest BCUT2D eigenvalue weighted by molar-refractivity contribution is -0.119. The third kappa shape index (κ3) is 3.40. The molecule has 2 rings (SSSR count). The predicted molar refractivity (Wildman–Crippen MR) is 67.6 cm³/mol. The van der Waals surface area contributed by atoms with Gasteiger partial charge in [-0.1, -0.05) is 0 Å². The number of anilines is 1. The van der Waals surface area contributed by atoms with Gasteiger partial charge in [-0.2, -0.15) is 0 Å². The molecule has 0 aromatic heterocycles. The van der Waals surface area contributed by atoms with E-state index < -0.39 is 11.6 Å². The SMILES string of the molecule is Cl.NC1CCC(C(=O)Nc2ccc(F)cc2F)C1. The van der Waals surface area contributed by atoms with Crippen molar-refractivity contribution in [3.63, 3.8) is 0 Å². The molecule has 0 radical (unpaired) electrons. The molecule has 0 bridgehead atoms. The van der Waals surface area contributed by atoms with Crippen LogP contribution in [0.3, 0.4) is 0 Å². The van der Waals surface area contributed by atoms with E-state index in [2.05, 4.69) is 5.32 Å². The van der Waals surface area contributed by atoms with Crippen molar-refractivity contribution in [3.05, 3.63) is 29.8 Å². The van der Waals surface area contributed by atoms with Crippen LogP contribution in [0.2, 0.25) is 0 Å². The van der Waals surface area contributed by atoms with Crippen LogP contribution in [0.1, 0.15) is 19.3 Å². The molecule has 1 fully saturated rings. The van der Waals surface area contributed by atoms with Gasteiger partial charge < -0.3 is 11.1 Å². The molecule has 0 aliphatic heterocycles. The molecule has 2 atom stereocenters. The lowest BCUT2D eigenvalue weighted by atomic mass is 10.1. The molecule has 1 aliphatic rings. The maximum Gasteiger partial charge on any atom is 0.227 e. The largest absolute Gasteiger partial charge is 0.328 e. The van der Waals surface area contributed by atoms with Gasteiger partial charge in [0.25, 0.3) is 0 Å². The zero-order valence-corrected chi connectivity index (χ0v) is 10.5. The summed E-state index contributed by atoms with van der Waals surface area (Å²) in [7, 11) is 0. The van der Waals surface area contributed by atoms with Crippen molar-refractivity contribution in [2.24, 2.45) is 11.7 Å². The molecule has 0 heterocycles. The van der Waals surface area contributed by atoms with Crippen LogP contribution < -0.4 is 11.1 Å². The van der Waals surface area contributed by atoms with Crippen molar-refractivity contribution in [2.75, 3.05) is 5.32 Å². The van der Waals surface area contributed by atoms with Gasteiger partial charge in [-0.15, -0.1) is 12.4 Å². The number of hydrogen-bond acceptors (Lipinski definition) is 2. The molecule has 1 aliphatic carbocycles. The Morgan fingerprint density at radius 3 is 2.61 bits per heavy atom. The number of amides is 1. The fourth-order valence-corrected chi connectivity index (χ4v) is 2.08. The van der Waals surface area contributed by atoms with Crippen molar-refractivity contribution < 1.29 is 13.6 Å². The summed E-state index contributed by atoms with van der Waals surface area (Å²) in [6.07, 6.45) is 2.15. The minimum Gasteiger partial charge on any atom is -0.328 e. The highest BCUT2D eigenvalue weighted by molar-refractivity contribution is 5.92. The average Bonchev–Trinajstić information content (AvgIpc) is 2.69. The van der Waals surface area contributed by atoms with E-state index in [0.717, 1.165) is 25.0 Å². The average molecular weight is 277 g/mol. The maximum absolute atomic E-state index is 13.3. The van der Waals surface area contributed by atoms with Gasteiger partial charge in [0.15, 0.2) is 0 Å². The van der Waals surface area contributed by atoms with E-state index in [-0.39, 0.29) is 36.0 Å². The molecule has 6 heteroatoms. The maximum atomic E-state index is 13.3. The minimum atomic E-state index is -0.763. The van der Waals surface area contributed by atoms with Gasteiger partial charge in [-0.05, 0) is 31.4 Å². The van der Waals surface area contributed by atoms with Crippen LogP contribution in [0.4, 0.5) is 14.5 Å². The smallest absolute Gasteiger partial charge is 0.227 e. The van der Waals surface area contributed by atoms with Gasteiger partial charge in [0.05, 0.1) is 5.69 Å². The van der Waals surface area contributed by atoms with Gasteiger partial charge in [0.2, 0.25) is 5.91 Å². The van der Waals surface area contributed by atoms with Gasteiger partial charge in [-0.25, -0.2) is 8.78 Å². The van der Waals surface area contributed by atoms with Crippen molar-refractivity contribution in [2.45, 2.75) is 25.3 Å². The molecule has 3 N–H and O–H groups in total. The van der Waals surface area contributed by atoms with Crippen LogP contribution in [-0.2, 0) is 4.79 Å². The first-order valence-electron chi connectivity index (χ1n) is 5.58. The second-order valence-corrected chi connectivity index (χ2v) is 4.38. The standard InChI is InChI=1S/C12H14F2N2O.ClH/c13-8-2-4-11(10(14)6-8)16-12(17)7-1-3-9(15)5-7;/h2,4,6-7,9H,1,3,5,15H2,(H,16,17);1H. The zero-order valence-electron chi connectivity index (χ0n) is 9.66. The lowest BCUT2D eigenvalue weighted by Crippen LogP contribution is -2.23. The van der Waals surface area contributed by atoms with Gasteiger partial charge in [0.1, 0.15) is 11.6 Å². The summed E-state index contributed by atoms with van der Waals surface area (Å²) in [5.74, 6) is -1.85. The Hall–Kier alpha value is -1.20. The highest BCUT2D eigenvalue weighted by atomic mass is 35.5. The Labute approximate surface area is 110 Å². The Morgan fingerprint density at radius 2 is 2.06 bits per heavy atom. The number of rotatable bonds is 2. The third-order valence-electron chi connectivity index (χ3n) is 3.03. The second-order valence-electron chi connectivity index (χ2n) is 4.38. The fourth-order valence-electron chi connectivity index (χ4n) is 2.08. The van der Waals surface area contributed by atoms with Gasteiger partial charge >= 0.3 is 0 Å². The molecule has 1 saturated carbocycles. The van der Waals surface area contributed by atoms with E-state index in [4.69, 9.17) is 5.73 Å². The predicted octanol–water partition coefficient (Wildman–Crippen LogP) is 2.45. The highest BCUT2D eigenvalue weighted by Gasteiger charge is 2.28. The molecule has 1 aromatic carbocycles. The first-order chi connectivity index (χ1) is 8.06. The summed E-state index contributed by atoms with van der Waals surface area (Å²) < 4.78 is 26.0. The first-order valence-corrected chi connectivity index (χ1v) is 5.58. The first kappa shape index (κ1) is 14.9. The summed E-state index contributed by atoms with van der Waals surface area (Å²) in [6, 6.07) is 3.12. The van der Waals surface area contributed by atoms with E-state index in [1.807, 2.05) is 0 Å². The quantitative estimate of drug-likeness (QED) is 0.872. The number of nitrogens with one attached hydrogen (secondary N) is 1.